The fourth-order valence-electron chi connectivity index (χ4n) is 2.50. The summed E-state index contributed by atoms with van der Waals surface area (Å²) in [6, 6.07) is 9.93. The number of furan rings is 1. The SMILES string of the molecule is OC(c1cc(Br)c(Br)o1)c1ccccc1C1CCC1. The van der Waals surface area contributed by atoms with Gasteiger partial charge in [-0.05, 0) is 67.8 Å². The average molecular weight is 386 g/mol. The van der Waals surface area contributed by atoms with Crippen molar-refractivity contribution in [3.63, 3.8) is 0 Å². The number of aliphatic hydroxyl groups excluding tert-OH is 1. The number of aliphatic hydroxyl groups is 1. The van der Waals surface area contributed by atoms with E-state index in [0.29, 0.717) is 16.3 Å². The van der Waals surface area contributed by atoms with Gasteiger partial charge in [0.2, 0.25) is 0 Å². The molecule has 2 aromatic rings. The maximum absolute atomic E-state index is 10.5. The van der Waals surface area contributed by atoms with Gasteiger partial charge in [0.15, 0.2) is 4.67 Å². The molecule has 1 aliphatic rings. The quantitative estimate of drug-likeness (QED) is 0.792. The summed E-state index contributed by atoms with van der Waals surface area (Å²) in [6.45, 7) is 0. The Morgan fingerprint density at radius 2 is 1.95 bits per heavy atom. The van der Waals surface area contributed by atoms with Crippen molar-refractivity contribution in [1.29, 1.82) is 0 Å². The Labute approximate surface area is 129 Å². The predicted molar refractivity (Wildman–Crippen MR) is 81.2 cm³/mol. The zero-order valence-corrected chi connectivity index (χ0v) is 13.4. The standard InChI is InChI=1S/C15H14Br2O2/c16-12-8-13(19-15(12)17)14(18)11-7-2-1-6-10(11)9-4-3-5-9/h1-2,6-9,14,18H,3-5H2. The first-order chi connectivity index (χ1) is 9.16. The second-order valence-corrected chi connectivity index (χ2v) is 6.50. The van der Waals surface area contributed by atoms with Crippen molar-refractivity contribution in [2.45, 2.75) is 31.3 Å². The first-order valence-electron chi connectivity index (χ1n) is 6.38. The highest BCUT2D eigenvalue weighted by molar-refractivity contribution is 9.13. The van der Waals surface area contributed by atoms with Gasteiger partial charge in [-0.25, -0.2) is 0 Å². The molecule has 1 heterocycles. The lowest BCUT2D eigenvalue weighted by atomic mass is 9.77. The molecular weight excluding hydrogens is 372 g/mol. The molecule has 3 rings (SSSR count). The van der Waals surface area contributed by atoms with E-state index in [0.717, 1.165) is 10.0 Å². The molecule has 1 aromatic carbocycles. The number of hydrogen-bond donors (Lipinski definition) is 1. The molecule has 0 spiro atoms. The molecule has 1 saturated carbocycles. The van der Waals surface area contributed by atoms with E-state index in [1.165, 1.54) is 24.8 Å². The van der Waals surface area contributed by atoms with Crippen LogP contribution in [0.5, 0.6) is 0 Å². The number of rotatable bonds is 3. The molecular formula is C15H14Br2O2. The largest absolute Gasteiger partial charge is 0.450 e. The van der Waals surface area contributed by atoms with E-state index in [1.54, 1.807) is 0 Å². The lowest BCUT2D eigenvalue weighted by molar-refractivity contribution is 0.185. The zero-order valence-electron chi connectivity index (χ0n) is 10.3. The number of benzene rings is 1. The molecule has 0 aliphatic heterocycles. The van der Waals surface area contributed by atoms with E-state index in [1.807, 2.05) is 24.3 Å². The van der Waals surface area contributed by atoms with Gasteiger partial charge in [0.25, 0.3) is 0 Å². The Balaban J connectivity index is 1.96. The summed E-state index contributed by atoms with van der Waals surface area (Å²) in [5.41, 5.74) is 2.21. The number of hydrogen-bond acceptors (Lipinski definition) is 2. The molecule has 4 heteroatoms. The van der Waals surface area contributed by atoms with Crippen LogP contribution < -0.4 is 0 Å². The topological polar surface area (TPSA) is 33.4 Å². The molecule has 1 unspecified atom stereocenters. The van der Waals surface area contributed by atoms with Gasteiger partial charge in [0.05, 0.1) is 4.47 Å². The Bertz CT molecular complexity index is 568. The molecule has 19 heavy (non-hydrogen) atoms. The molecule has 1 N–H and O–H groups in total. The van der Waals surface area contributed by atoms with Crippen LogP contribution in [-0.2, 0) is 0 Å². The van der Waals surface area contributed by atoms with Crippen LogP contribution >= 0.6 is 31.9 Å². The minimum Gasteiger partial charge on any atom is -0.450 e. The van der Waals surface area contributed by atoms with Gasteiger partial charge < -0.3 is 9.52 Å². The van der Waals surface area contributed by atoms with Crippen molar-refractivity contribution < 1.29 is 9.52 Å². The van der Waals surface area contributed by atoms with E-state index in [9.17, 15) is 5.11 Å². The third-order valence-corrected chi connectivity index (χ3v) is 5.48. The molecule has 1 fully saturated rings. The Morgan fingerprint density at radius 3 is 2.53 bits per heavy atom. The van der Waals surface area contributed by atoms with Crippen LogP contribution in [0.2, 0.25) is 0 Å². The van der Waals surface area contributed by atoms with Gasteiger partial charge >= 0.3 is 0 Å². The van der Waals surface area contributed by atoms with Crippen LogP contribution in [0.1, 0.15) is 48.2 Å². The minimum atomic E-state index is -0.709. The van der Waals surface area contributed by atoms with Crippen LogP contribution in [0.4, 0.5) is 0 Å². The van der Waals surface area contributed by atoms with Crippen LogP contribution in [0.15, 0.2) is 43.9 Å². The maximum atomic E-state index is 10.5. The molecule has 0 amide bonds. The Kier molecular flexibility index (Phi) is 3.83. The first kappa shape index (κ1) is 13.4. The molecule has 100 valence electrons. The van der Waals surface area contributed by atoms with E-state index < -0.39 is 6.10 Å². The third kappa shape index (κ3) is 2.54. The molecule has 0 radical (unpaired) electrons. The second-order valence-electron chi connectivity index (χ2n) is 4.93. The van der Waals surface area contributed by atoms with E-state index in [4.69, 9.17) is 4.42 Å². The second kappa shape index (κ2) is 5.43. The van der Waals surface area contributed by atoms with E-state index >= 15 is 0 Å². The minimum absolute atomic E-state index is 0.561. The lowest BCUT2D eigenvalue weighted by Crippen LogP contribution is -2.13. The smallest absolute Gasteiger partial charge is 0.183 e. The Hall–Kier alpha value is -0.580. The molecule has 0 bridgehead atoms. The van der Waals surface area contributed by atoms with E-state index in [-0.39, 0.29) is 0 Å². The summed E-state index contributed by atoms with van der Waals surface area (Å²) in [7, 11) is 0. The lowest BCUT2D eigenvalue weighted by Gasteiger charge is -2.28. The summed E-state index contributed by atoms with van der Waals surface area (Å²) in [4.78, 5) is 0. The van der Waals surface area contributed by atoms with Crippen LogP contribution in [0.25, 0.3) is 0 Å². The summed E-state index contributed by atoms with van der Waals surface area (Å²) in [5, 5.41) is 10.5. The molecule has 1 aromatic heterocycles. The van der Waals surface area contributed by atoms with Crippen molar-refractivity contribution in [2.75, 3.05) is 0 Å². The van der Waals surface area contributed by atoms with Crippen LogP contribution in [0.3, 0.4) is 0 Å². The Morgan fingerprint density at radius 1 is 1.21 bits per heavy atom. The summed E-state index contributed by atoms with van der Waals surface area (Å²) >= 11 is 6.68. The van der Waals surface area contributed by atoms with Gasteiger partial charge in [0.1, 0.15) is 11.9 Å². The third-order valence-electron chi connectivity index (χ3n) is 3.77. The van der Waals surface area contributed by atoms with Gasteiger partial charge in [-0.3, -0.25) is 0 Å². The zero-order chi connectivity index (χ0) is 13.4. The fourth-order valence-corrected chi connectivity index (χ4v) is 3.11. The summed E-state index contributed by atoms with van der Waals surface area (Å²) in [5.74, 6) is 1.15. The molecule has 1 aliphatic carbocycles. The number of halogens is 2. The average Bonchev–Trinajstić information content (AvgIpc) is 2.67. The first-order valence-corrected chi connectivity index (χ1v) is 7.97. The van der Waals surface area contributed by atoms with Crippen LogP contribution in [0, 0.1) is 0 Å². The molecule has 1 atom stereocenters. The van der Waals surface area contributed by atoms with Crippen molar-refractivity contribution in [3.05, 3.63) is 56.4 Å². The fraction of sp³-hybridized carbons (Fsp3) is 0.333. The van der Waals surface area contributed by atoms with Crippen molar-refractivity contribution >= 4 is 31.9 Å². The molecule has 0 saturated heterocycles. The summed E-state index contributed by atoms with van der Waals surface area (Å²) in [6.07, 6.45) is 3.01. The van der Waals surface area contributed by atoms with Crippen molar-refractivity contribution in [2.24, 2.45) is 0 Å². The van der Waals surface area contributed by atoms with Crippen LogP contribution in [-0.4, -0.2) is 5.11 Å². The van der Waals surface area contributed by atoms with Gasteiger partial charge in [-0.1, -0.05) is 30.7 Å². The van der Waals surface area contributed by atoms with E-state index in [2.05, 4.69) is 37.9 Å². The normalized spacial score (nSPS) is 17.2. The molecule has 2 nitrogen and oxygen atoms in total. The highest BCUT2D eigenvalue weighted by atomic mass is 79.9. The monoisotopic (exact) mass is 384 g/mol. The van der Waals surface area contributed by atoms with Crippen molar-refractivity contribution in [1.82, 2.24) is 0 Å². The van der Waals surface area contributed by atoms with Gasteiger partial charge in [-0.2, -0.15) is 0 Å². The predicted octanol–water partition coefficient (Wildman–Crippen LogP) is 5.15. The highest BCUT2D eigenvalue weighted by Crippen LogP contribution is 2.41. The van der Waals surface area contributed by atoms with Crippen molar-refractivity contribution in [3.8, 4) is 0 Å². The maximum Gasteiger partial charge on any atom is 0.183 e. The van der Waals surface area contributed by atoms with Gasteiger partial charge in [0, 0.05) is 0 Å². The van der Waals surface area contributed by atoms with Gasteiger partial charge in [-0.15, -0.1) is 0 Å². The highest BCUT2D eigenvalue weighted by Gasteiger charge is 2.26. The summed E-state index contributed by atoms with van der Waals surface area (Å²) < 4.78 is 6.97.